The lowest BCUT2D eigenvalue weighted by atomic mass is 10.1. The lowest BCUT2D eigenvalue weighted by Gasteiger charge is -2.23. The number of rotatable bonds is 5. The van der Waals surface area contributed by atoms with Gasteiger partial charge in [-0.25, -0.2) is 4.79 Å². The molecule has 0 aliphatic rings. The second-order valence-corrected chi connectivity index (χ2v) is 7.33. The van der Waals surface area contributed by atoms with Crippen molar-refractivity contribution >= 4 is 41.7 Å². The molecule has 1 amide bonds. The monoisotopic (exact) mass is 496 g/mol. The standard InChI is InChI=1S/C21H28N4O2.HI/c1-15-9-8-12-17(13-15)24-19(22)23-14-18(16-10-6-5-7-11-16)25-20(26)27-21(2,3)4;/h5-13,18H,14H2,1-4H3,(H,25,26)(H3,22,23,24);1H. The van der Waals surface area contributed by atoms with Gasteiger partial charge >= 0.3 is 6.09 Å². The van der Waals surface area contributed by atoms with Gasteiger partial charge in [0.05, 0.1) is 12.6 Å². The molecule has 2 aromatic carbocycles. The summed E-state index contributed by atoms with van der Waals surface area (Å²) in [5, 5.41) is 5.93. The Balaban J connectivity index is 0.00000392. The zero-order valence-corrected chi connectivity index (χ0v) is 19.1. The first-order chi connectivity index (χ1) is 12.7. The van der Waals surface area contributed by atoms with Crippen molar-refractivity contribution in [3.8, 4) is 0 Å². The topological polar surface area (TPSA) is 88.7 Å². The smallest absolute Gasteiger partial charge is 0.408 e. The van der Waals surface area contributed by atoms with Crippen LogP contribution in [0.3, 0.4) is 0 Å². The van der Waals surface area contributed by atoms with Crippen LogP contribution in [0, 0.1) is 6.92 Å². The molecule has 152 valence electrons. The number of benzene rings is 2. The number of nitrogens with zero attached hydrogens (tertiary/aromatic N) is 1. The zero-order valence-electron chi connectivity index (χ0n) is 16.7. The molecule has 0 fully saturated rings. The molecule has 0 saturated carbocycles. The number of anilines is 1. The van der Waals surface area contributed by atoms with Crippen molar-refractivity contribution in [1.29, 1.82) is 0 Å². The van der Waals surface area contributed by atoms with Crippen LogP contribution in [-0.2, 0) is 4.74 Å². The molecular weight excluding hydrogens is 467 g/mol. The molecule has 0 aromatic heterocycles. The molecule has 2 aromatic rings. The van der Waals surface area contributed by atoms with Crippen molar-refractivity contribution in [2.45, 2.75) is 39.3 Å². The Morgan fingerprint density at radius 2 is 1.82 bits per heavy atom. The largest absolute Gasteiger partial charge is 0.444 e. The number of carbonyl (C=O) groups is 1. The van der Waals surface area contributed by atoms with Gasteiger partial charge in [0.1, 0.15) is 5.60 Å². The van der Waals surface area contributed by atoms with Crippen molar-refractivity contribution in [3.63, 3.8) is 0 Å². The number of amides is 1. The molecule has 6 nitrogen and oxygen atoms in total. The first-order valence-electron chi connectivity index (χ1n) is 8.91. The van der Waals surface area contributed by atoms with Gasteiger partial charge in [-0.15, -0.1) is 24.0 Å². The molecule has 1 atom stereocenters. The SMILES string of the molecule is Cc1cccc(NC(N)=NCC(NC(=O)OC(C)(C)C)c2ccccc2)c1.I. The minimum Gasteiger partial charge on any atom is -0.444 e. The highest BCUT2D eigenvalue weighted by atomic mass is 127. The van der Waals surface area contributed by atoms with Gasteiger partial charge in [0, 0.05) is 5.69 Å². The van der Waals surface area contributed by atoms with Gasteiger partial charge in [0.25, 0.3) is 0 Å². The van der Waals surface area contributed by atoms with Crippen molar-refractivity contribution in [3.05, 3.63) is 65.7 Å². The Labute approximate surface area is 184 Å². The van der Waals surface area contributed by atoms with Crippen molar-refractivity contribution in [1.82, 2.24) is 5.32 Å². The number of halogens is 1. The molecule has 2 rings (SSSR count). The van der Waals surface area contributed by atoms with E-state index in [2.05, 4.69) is 15.6 Å². The van der Waals surface area contributed by atoms with E-state index in [1.54, 1.807) is 0 Å². The third-order valence-corrected chi connectivity index (χ3v) is 3.63. The summed E-state index contributed by atoms with van der Waals surface area (Å²) >= 11 is 0. The molecule has 0 saturated heterocycles. The Morgan fingerprint density at radius 3 is 2.43 bits per heavy atom. The van der Waals surface area contributed by atoms with Crippen LogP contribution in [0.1, 0.15) is 37.9 Å². The maximum Gasteiger partial charge on any atom is 0.408 e. The second kappa shape index (κ2) is 10.9. The van der Waals surface area contributed by atoms with Gasteiger partial charge in [-0.2, -0.15) is 0 Å². The number of nitrogens with two attached hydrogens (primary N) is 1. The van der Waals surface area contributed by atoms with Crippen molar-refractivity contribution in [2.24, 2.45) is 10.7 Å². The van der Waals surface area contributed by atoms with Gasteiger partial charge in [-0.05, 0) is 51.0 Å². The number of aliphatic imine (C=N–C) groups is 1. The third kappa shape index (κ3) is 8.60. The molecule has 4 N–H and O–H groups in total. The molecule has 1 unspecified atom stereocenters. The number of aryl methyl sites for hydroxylation is 1. The lowest BCUT2D eigenvalue weighted by molar-refractivity contribution is 0.0505. The summed E-state index contributed by atoms with van der Waals surface area (Å²) in [6.07, 6.45) is -0.489. The highest BCUT2D eigenvalue weighted by Gasteiger charge is 2.20. The Hall–Kier alpha value is -2.29. The van der Waals surface area contributed by atoms with Crippen molar-refractivity contribution in [2.75, 3.05) is 11.9 Å². The summed E-state index contributed by atoms with van der Waals surface area (Å²) in [4.78, 5) is 16.6. The highest BCUT2D eigenvalue weighted by molar-refractivity contribution is 14.0. The normalized spacial score (nSPS) is 12.5. The van der Waals surface area contributed by atoms with E-state index in [-0.39, 0.29) is 42.5 Å². The van der Waals surface area contributed by atoms with Gasteiger partial charge in [0.15, 0.2) is 5.96 Å². The van der Waals surface area contributed by atoms with Crippen LogP contribution >= 0.6 is 24.0 Å². The highest BCUT2D eigenvalue weighted by Crippen LogP contribution is 2.15. The first-order valence-corrected chi connectivity index (χ1v) is 8.91. The Morgan fingerprint density at radius 1 is 1.14 bits per heavy atom. The summed E-state index contributed by atoms with van der Waals surface area (Å²) in [6, 6.07) is 17.1. The molecule has 0 aliphatic heterocycles. The molecule has 28 heavy (non-hydrogen) atoms. The van der Waals surface area contributed by atoms with E-state index in [0.717, 1.165) is 16.8 Å². The number of carbonyl (C=O) groups excluding carboxylic acids is 1. The molecule has 0 aliphatic carbocycles. The van der Waals surface area contributed by atoms with E-state index in [0.29, 0.717) is 0 Å². The zero-order chi connectivity index (χ0) is 19.9. The van der Waals surface area contributed by atoms with Crippen LogP contribution in [0.5, 0.6) is 0 Å². The number of nitrogens with one attached hydrogen (secondary N) is 2. The first kappa shape index (κ1) is 23.7. The summed E-state index contributed by atoms with van der Waals surface area (Å²) in [5.74, 6) is 0.285. The minimum absolute atomic E-state index is 0. The maximum absolute atomic E-state index is 12.2. The van der Waals surface area contributed by atoms with Crippen LogP contribution in [0.4, 0.5) is 10.5 Å². The number of guanidine groups is 1. The van der Waals surface area contributed by atoms with Crippen LogP contribution in [-0.4, -0.2) is 24.2 Å². The van der Waals surface area contributed by atoms with Gasteiger partial charge in [-0.3, -0.25) is 4.99 Å². The van der Waals surface area contributed by atoms with Crippen LogP contribution < -0.4 is 16.4 Å². The average Bonchev–Trinajstić information content (AvgIpc) is 2.58. The van der Waals surface area contributed by atoms with Gasteiger partial charge in [-0.1, -0.05) is 42.5 Å². The van der Waals surface area contributed by atoms with E-state index in [1.165, 1.54) is 0 Å². The predicted octanol–water partition coefficient (Wildman–Crippen LogP) is 4.61. The summed E-state index contributed by atoms with van der Waals surface area (Å²) in [5.41, 5.74) is 8.36. The van der Waals surface area contributed by atoms with E-state index >= 15 is 0 Å². The lowest BCUT2D eigenvalue weighted by Crippen LogP contribution is -2.36. The quantitative estimate of drug-likeness (QED) is 0.321. The van der Waals surface area contributed by atoms with E-state index < -0.39 is 11.7 Å². The number of alkyl carbamates (subject to hydrolysis) is 1. The minimum atomic E-state index is -0.569. The molecule has 7 heteroatoms. The number of hydrogen-bond acceptors (Lipinski definition) is 3. The molecule has 0 spiro atoms. The fourth-order valence-corrected chi connectivity index (χ4v) is 2.47. The second-order valence-electron chi connectivity index (χ2n) is 7.33. The van der Waals surface area contributed by atoms with Gasteiger partial charge in [0.2, 0.25) is 0 Å². The van der Waals surface area contributed by atoms with E-state index in [9.17, 15) is 4.79 Å². The number of ether oxygens (including phenoxy) is 1. The fourth-order valence-electron chi connectivity index (χ4n) is 2.47. The molecule has 0 radical (unpaired) electrons. The van der Waals surface area contributed by atoms with E-state index in [1.807, 2.05) is 82.3 Å². The van der Waals surface area contributed by atoms with E-state index in [4.69, 9.17) is 10.5 Å². The maximum atomic E-state index is 12.2. The molecule has 0 heterocycles. The van der Waals surface area contributed by atoms with Crippen molar-refractivity contribution < 1.29 is 9.53 Å². The third-order valence-electron chi connectivity index (χ3n) is 3.63. The van der Waals surface area contributed by atoms with Gasteiger partial charge < -0.3 is 21.1 Å². The van der Waals surface area contributed by atoms with Crippen LogP contribution in [0.15, 0.2) is 59.6 Å². The summed E-state index contributed by atoms with van der Waals surface area (Å²) in [7, 11) is 0. The summed E-state index contributed by atoms with van der Waals surface area (Å²) in [6.45, 7) is 7.77. The average molecular weight is 496 g/mol. The fraction of sp³-hybridized carbons (Fsp3) is 0.333. The van der Waals surface area contributed by atoms with Crippen LogP contribution in [0.2, 0.25) is 0 Å². The number of hydrogen-bond donors (Lipinski definition) is 3. The summed E-state index contributed by atoms with van der Waals surface area (Å²) < 4.78 is 5.36. The Bertz CT molecular complexity index is 788. The predicted molar refractivity (Wildman–Crippen MR) is 125 cm³/mol. The van der Waals surface area contributed by atoms with Crippen LogP contribution in [0.25, 0.3) is 0 Å². The molecule has 0 bridgehead atoms. The molecular formula is C21H29IN4O2. The Kier molecular flexibility index (Phi) is 9.24.